The quantitative estimate of drug-likeness (QED) is 0.449. The number of aromatic nitrogens is 4. The van der Waals surface area contributed by atoms with Gasteiger partial charge in [-0.3, -0.25) is 4.79 Å². The molecule has 6 rings (SSSR count). The van der Waals surface area contributed by atoms with E-state index in [9.17, 15) is 9.18 Å². The molecule has 1 amide bonds. The second kappa shape index (κ2) is 8.71. The predicted molar refractivity (Wildman–Crippen MR) is 124 cm³/mol. The van der Waals surface area contributed by atoms with Crippen molar-refractivity contribution in [3.05, 3.63) is 71.4 Å². The number of benzene rings is 1. The van der Waals surface area contributed by atoms with Crippen molar-refractivity contribution in [2.45, 2.75) is 12.0 Å². The average Bonchev–Trinajstić information content (AvgIpc) is 3.41. The second-order valence-corrected chi connectivity index (χ2v) is 9.11. The molecule has 5 heterocycles. The second-order valence-electron chi connectivity index (χ2n) is 8.25. The van der Waals surface area contributed by atoms with E-state index in [-0.39, 0.29) is 17.8 Å². The SMILES string of the molecule is O=C(Nc1ccc(C2COC2)cn1)c1csc(-c2c(-c3ccc(F)cc3)ncn2C2COC2)n1. The number of rotatable bonds is 6. The number of carbonyl (C=O) groups is 1. The summed E-state index contributed by atoms with van der Waals surface area (Å²) in [5, 5.41) is 5.18. The third kappa shape index (κ3) is 3.89. The van der Waals surface area contributed by atoms with Gasteiger partial charge < -0.3 is 19.4 Å². The van der Waals surface area contributed by atoms with Crippen LogP contribution in [0.3, 0.4) is 0 Å². The van der Waals surface area contributed by atoms with E-state index in [2.05, 4.69) is 20.3 Å². The van der Waals surface area contributed by atoms with Crippen molar-refractivity contribution < 1.29 is 18.7 Å². The highest BCUT2D eigenvalue weighted by Gasteiger charge is 2.28. The maximum atomic E-state index is 13.5. The van der Waals surface area contributed by atoms with Crippen LogP contribution in [-0.4, -0.2) is 51.9 Å². The molecule has 2 aliphatic rings. The minimum atomic E-state index is -0.337. The first-order valence-electron chi connectivity index (χ1n) is 10.9. The van der Waals surface area contributed by atoms with Crippen LogP contribution in [-0.2, 0) is 9.47 Å². The fraction of sp³-hybridized carbons (Fsp3) is 0.250. The van der Waals surface area contributed by atoms with Crippen LogP contribution in [0.1, 0.15) is 28.0 Å². The number of pyridine rings is 1. The lowest BCUT2D eigenvalue weighted by Gasteiger charge is -2.28. The molecule has 2 aliphatic heterocycles. The minimum Gasteiger partial charge on any atom is -0.380 e. The lowest BCUT2D eigenvalue weighted by Crippen LogP contribution is -2.30. The van der Waals surface area contributed by atoms with Crippen LogP contribution in [0.15, 0.2) is 54.3 Å². The third-order valence-electron chi connectivity index (χ3n) is 6.00. The van der Waals surface area contributed by atoms with Gasteiger partial charge in [0.1, 0.15) is 28.0 Å². The molecule has 172 valence electrons. The third-order valence-corrected chi connectivity index (χ3v) is 6.85. The van der Waals surface area contributed by atoms with Crippen LogP contribution in [0.4, 0.5) is 10.2 Å². The summed E-state index contributed by atoms with van der Waals surface area (Å²) < 4.78 is 26.1. The number of hydrogen-bond acceptors (Lipinski definition) is 7. The van der Waals surface area contributed by atoms with E-state index in [1.54, 1.807) is 36.1 Å². The van der Waals surface area contributed by atoms with Crippen LogP contribution in [0.25, 0.3) is 22.0 Å². The number of nitrogens with one attached hydrogen (secondary N) is 1. The normalized spacial score (nSPS) is 16.1. The van der Waals surface area contributed by atoms with Crippen LogP contribution in [0.2, 0.25) is 0 Å². The van der Waals surface area contributed by atoms with Gasteiger partial charge in [-0.1, -0.05) is 6.07 Å². The molecule has 1 aromatic carbocycles. The van der Waals surface area contributed by atoms with Crippen molar-refractivity contribution in [2.75, 3.05) is 31.7 Å². The van der Waals surface area contributed by atoms with Gasteiger partial charge in [0.25, 0.3) is 5.91 Å². The van der Waals surface area contributed by atoms with E-state index in [1.165, 1.54) is 23.5 Å². The first-order chi connectivity index (χ1) is 16.7. The lowest BCUT2D eigenvalue weighted by atomic mass is 10.00. The van der Waals surface area contributed by atoms with E-state index in [1.807, 2.05) is 10.6 Å². The molecule has 0 radical (unpaired) electrons. The first kappa shape index (κ1) is 21.1. The summed E-state index contributed by atoms with van der Waals surface area (Å²) in [6, 6.07) is 10.1. The molecular formula is C24H20FN5O3S. The van der Waals surface area contributed by atoms with Crippen LogP contribution in [0.5, 0.6) is 0 Å². The fourth-order valence-electron chi connectivity index (χ4n) is 3.87. The number of imidazole rings is 1. The van der Waals surface area contributed by atoms with Crippen LogP contribution in [0, 0.1) is 5.82 Å². The number of anilines is 1. The summed E-state index contributed by atoms with van der Waals surface area (Å²) in [6.07, 6.45) is 3.52. The zero-order valence-corrected chi connectivity index (χ0v) is 18.8. The maximum Gasteiger partial charge on any atom is 0.276 e. The number of halogens is 1. The summed E-state index contributed by atoms with van der Waals surface area (Å²) in [6.45, 7) is 2.58. The summed E-state index contributed by atoms with van der Waals surface area (Å²) in [5.41, 5.74) is 3.64. The predicted octanol–water partition coefficient (Wildman–Crippen LogP) is 4.15. The number of carbonyl (C=O) groups excluding carboxylic acids is 1. The molecule has 0 atom stereocenters. The molecule has 2 saturated heterocycles. The topological polar surface area (TPSA) is 91.2 Å². The number of amides is 1. The molecule has 0 unspecified atom stereocenters. The first-order valence-corrected chi connectivity index (χ1v) is 11.7. The van der Waals surface area contributed by atoms with Gasteiger partial charge in [0.2, 0.25) is 0 Å². The number of ether oxygens (including phenoxy) is 2. The highest BCUT2D eigenvalue weighted by molar-refractivity contribution is 7.13. The van der Waals surface area contributed by atoms with Gasteiger partial charge in [0.05, 0.1) is 44.5 Å². The largest absolute Gasteiger partial charge is 0.380 e. The van der Waals surface area contributed by atoms with Gasteiger partial charge in [0, 0.05) is 23.1 Å². The Balaban J connectivity index is 1.27. The van der Waals surface area contributed by atoms with Gasteiger partial charge in [-0.25, -0.2) is 19.3 Å². The molecule has 0 spiro atoms. The molecule has 34 heavy (non-hydrogen) atoms. The molecular weight excluding hydrogens is 457 g/mol. The Morgan fingerprint density at radius 1 is 1.06 bits per heavy atom. The number of thiazole rings is 1. The van der Waals surface area contributed by atoms with Crippen molar-refractivity contribution in [3.8, 4) is 22.0 Å². The van der Waals surface area contributed by atoms with Crippen LogP contribution >= 0.6 is 11.3 Å². The molecule has 8 nitrogen and oxygen atoms in total. The Morgan fingerprint density at radius 3 is 2.50 bits per heavy atom. The molecule has 0 saturated carbocycles. The molecule has 0 bridgehead atoms. The van der Waals surface area contributed by atoms with E-state index < -0.39 is 0 Å². The molecule has 3 aromatic heterocycles. The summed E-state index contributed by atoms with van der Waals surface area (Å²) in [4.78, 5) is 26.4. The number of hydrogen-bond donors (Lipinski definition) is 1. The molecule has 0 aliphatic carbocycles. The average molecular weight is 478 g/mol. The summed E-state index contributed by atoms with van der Waals surface area (Å²) in [7, 11) is 0. The highest BCUT2D eigenvalue weighted by Crippen LogP contribution is 2.36. The Labute approximate surface area is 198 Å². The monoisotopic (exact) mass is 477 g/mol. The molecule has 10 heteroatoms. The standard InChI is InChI=1S/C24H20FN5O3S/c25-17-4-1-14(2-5-17)21-22(30(13-27-21)18-10-33-11-18)24-28-19(12-34-24)23(31)29-20-6-3-15(7-26-20)16-8-32-9-16/h1-7,12-13,16,18H,8-11H2,(H,26,29,31). The van der Waals surface area contributed by atoms with Gasteiger partial charge in [-0.2, -0.15) is 0 Å². The molecule has 1 N–H and O–H groups in total. The number of nitrogens with zero attached hydrogens (tertiary/aromatic N) is 4. The zero-order chi connectivity index (χ0) is 23.1. The Morgan fingerprint density at radius 2 is 1.85 bits per heavy atom. The van der Waals surface area contributed by atoms with E-state index >= 15 is 0 Å². The summed E-state index contributed by atoms with van der Waals surface area (Å²) >= 11 is 1.36. The van der Waals surface area contributed by atoms with Crippen LogP contribution < -0.4 is 5.32 Å². The van der Waals surface area contributed by atoms with Gasteiger partial charge in [-0.05, 0) is 35.9 Å². The van der Waals surface area contributed by atoms with Crippen molar-refractivity contribution >= 4 is 23.1 Å². The summed E-state index contributed by atoms with van der Waals surface area (Å²) in [5.74, 6) is 0.191. The van der Waals surface area contributed by atoms with E-state index in [0.29, 0.717) is 54.6 Å². The van der Waals surface area contributed by atoms with Crippen molar-refractivity contribution in [1.29, 1.82) is 0 Å². The molecule has 4 aromatic rings. The Hall–Kier alpha value is -3.47. The van der Waals surface area contributed by atoms with Crippen molar-refractivity contribution in [2.24, 2.45) is 0 Å². The fourth-order valence-corrected chi connectivity index (χ4v) is 4.72. The van der Waals surface area contributed by atoms with E-state index in [4.69, 9.17) is 9.47 Å². The Bertz CT molecular complexity index is 1330. The van der Waals surface area contributed by atoms with Crippen molar-refractivity contribution in [1.82, 2.24) is 19.5 Å². The zero-order valence-electron chi connectivity index (χ0n) is 18.0. The lowest BCUT2D eigenvalue weighted by molar-refractivity contribution is -0.0226. The van der Waals surface area contributed by atoms with E-state index in [0.717, 1.165) is 16.8 Å². The Kier molecular flexibility index (Phi) is 5.40. The highest BCUT2D eigenvalue weighted by atomic mass is 32.1. The molecule has 2 fully saturated rings. The van der Waals surface area contributed by atoms with Gasteiger partial charge in [0.15, 0.2) is 0 Å². The maximum absolute atomic E-state index is 13.5. The smallest absolute Gasteiger partial charge is 0.276 e. The van der Waals surface area contributed by atoms with Crippen molar-refractivity contribution in [3.63, 3.8) is 0 Å². The van der Waals surface area contributed by atoms with Gasteiger partial charge in [-0.15, -0.1) is 11.3 Å². The minimum absolute atomic E-state index is 0.140. The van der Waals surface area contributed by atoms with Gasteiger partial charge >= 0.3 is 0 Å².